The SMILES string of the molecule is CC(C)Oc1ccccc1C(NN)c1cn(C)cn1. The Hall–Kier alpha value is -1.85. The van der Waals surface area contributed by atoms with E-state index in [0.717, 1.165) is 17.0 Å². The van der Waals surface area contributed by atoms with Crippen LogP contribution in [-0.2, 0) is 7.05 Å². The number of nitrogens with one attached hydrogen (secondary N) is 1. The summed E-state index contributed by atoms with van der Waals surface area (Å²) < 4.78 is 7.72. The third kappa shape index (κ3) is 3.13. The number of imidazole rings is 1. The smallest absolute Gasteiger partial charge is 0.124 e. The number of ether oxygens (including phenoxy) is 1. The van der Waals surface area contributed by atoms with E-state index in [1.54, 1.807) is 6.33 Å². The predicted octanol–water partition coefficient (Wildman–Crippen LogP) is 1.76. The predicted molar refractivity (Wildman–Crippen MR) is 74.6 cm³/mol. The van der Waals surface area contributed by atoms with E-state index in [-0.39, 0.29) is 12.1 Å². The molecule has 3 N–H and O–H groups in total. The molecule has 2 rings (SSSR count). The molecular formula is C14H20N4O. The summed E-state index contributed by atoms with van der Waals surface area (Å²) in [5.41, 5.74) is 4.66. The van der Waals surface area contributed by atoms with E-state index < -0.39 is 0 Å². The first kappa shape index (κ1) is 13.6. The maximum absolute atomic E-state index is 5.83. The van der Waals surface area contributed by atoms with Crippen molar-refractivity contribution in [2.75, 3.05) is 0 Å². The second-order valence-corrected chi connectivity index (χ2v) is 4.77. The number of para-hydroxylation sites is 1. The maximum Gasteiger partial charge on any atom is 0.124 e. The van der Waals surface area contributed by atoms with Gasteiger partial charge in [-0.3, -0.25) is 5.84 Å². The Morgan fingerprint density at radius 2 is 2.05 bits per heavy atom. The van der Waals surface area contributed by atoms with Crippen molar-refractivity contribution < 1.29 is 4.74 Å². The first-order chi connectivity index (χ1) is 9.11. The number of nitrogens with two attached hydrogens (primary N) is 1. The van der Waals surface area contributed by atoms with Crippen LogP contribution in [0.25, 0.3) is 0 Å². The van der Waals surface area contributed by atoms with Crippen molar-refractivity contribution in [3.8, 4) is 5.75 Å². The van der Waals surface area contributed by atoms with Crippen molar-refractivity contribution in [1.82, 2.24) is 15.0 Å². The summed E-state index contributed by atoms with van der Waals surface area (Å²) >= 11 is 0. The summed E-state index contributed by atoms with van der Waals surface area (Å²) in [4.78, 5) is 4.35. The fraction of sp³-hybridized carbons (Fsp3) is 0.357. The summed E-state index contributed by atoms with van der Waals surface area (Å²) in [5.74, 6) is 6.52. The number of hydrogen-bond donors (Lipinski definition) is 2. The molecule has 0 fully saturated rings. The lowest BCUT2D eigenvalue weighted by Gasteiger charge is -2.19. The summed E-state index contributed by atoms with van der Waals surface area (Å²) in [5, 5.41) is 0. The molecule has 19 heavy (non-hydrogen) atoms. The molecule has 5 nitrogen and oxygen atoms in total. The third-order valence-electron chi connectivity index (χ3n) is 2.78. The van der Waals surface area contributed by atoms with Gasteiger partial charge in [-0.25, -0.2) is 10.4 Å². The molecule has 0 saturated carbocycles. The second-order valence-electron chi connectivity index (χ2n) is 4.77. The quantitative estimate of drug-likeness (QED) is 0.635. The van der Waals surface area contributed by atoms with Gasteiger partial charge in [-0.2, -0.15) is 0 Å². The molecule has 102 valence electrons. The van der Waals surface area contributed by atoms with Gasteiger partial charge in [-0.15, -0.1) is 0 Å². The van der Waals surface area contributed by atoms with Gasteiger partial charge in [0.25, 0.3) is 0 Å². The van der Waals surface area contributed by atoms with Crippen LogP contribution in [-0.4, -0.2) is 15.7 Å². The molecule has 0 bridgehead atoms. The summed E-state index contributed by atoms with van der Waals surface area (Å²) in [7, 11) is 1.93. The molecule has 0 amide bonds. The number of rotatable bonds is 5. The van der Waals surface area contributed by atoms with Gasteiger partial charge in [0, 0.05) is 18.8 Å². The van der Waals surface area contributed by atoms with Crippen molar-refractivity contribution >= 4 is 0 Å². The Bertz CT molecular complexity index is 536. The van der Waals surface area contributed by atoms with Crippen LogP contribution in [0.4, 0.5) is 0 Å². The minimum atomic E-state index is -0.184. The largest absolute Gasteiger partial charge is 0.491 e. The van der Waals surface area contributed by atoms with Crippen LogP contribution in [0.15, 0.2) is 36.8 Å². The zero-order chi connectivity index (χ0) is 13.8. The lowest BCUT2D eigenvalue weighted by atomic mass is 10.0. The van der Waals surface area contributed by atoms with E-state index in [0.29, 0.717) is 0 Å². The Balaban J connectivity index is 2.38. The Morgan fingerprint density at radius 1 is 1.32 bits per heavy atom. The van der Waals surface area contributed by atoms with Crippen LogP contribution < -0.4 is 16.0 Å². The molecule has 0 aliphatic rings. The molecule has 1 aromatic heterocycles. The normalized spacial score (nSPS) is 12.7. The zero-order valence-electron chi connectivity index (χ0n) is 11.5. The van der Waals surface area contributed by atoms with Crippen molar-refractivity contribution in [2.24, 2.45) is 12.9 Å². The van der Waals surface area contributed by atoms with E-state index in [4.69, 9.17) is 10.6 Å². The highest BCUT2D eigenvalue weighted by atomic mass is 16.5. The molecule has 5 heteroatoms. The lowest BCUT2D eigenvalue weighted by molar-refractivity contribution is 0.238. The number of hydrogen-bond acceptors (Lipinski definition) is 4. The molecule has 0 aliphatic heterocycles. The maximum atomic E-state index is 5.83. The zero-order valence-corrected chi connectivity index (χ0v) is 11.5. The van der Waals surface area contributed by atoms with Crippen molar-refractivity contribution in [2.45, 2.75) is 26.0 Å². The molecular weight excluding hydrogens is 240 g/mol. The van der Waals surface area contributed by atoms with E-state index >= 15 is 0 Å². The highest BCUT2D eigenvalue weighted by molar-refractivity contribution is 5.39. The van der Waals surface area contributed by atoms with Gasteiger partial charge in [0.05, 0.1) is 24.2 Å². The van der Waals surface area contributed by atoms with Gasteiger partial charge >= 0.3 is 0 Å². The number of nitrogens with zero attached hydrogens (tertiary/aromatic N) is 2. The van der Waals surface area contributed by atoms with Crippen molar-refractivity contribution in [1.29, 1.82) is 0 Å². The Kier molecular flexibility index (Phi) is 4.19. The fourth-order valence-electron chi connectivity index (χ4n) is 2.00. The summed E-state index contributed by atoms with van der Waals surface area (Å²) in [6, 6.07) is 7.68. The Morgan fingerprint density at radius 3 is 2.63 bits per heavy atom. The molecule has 1 unspecified atom stereocenters. The summed E-state index contributed by atoms with van der Waals surface area (Å²) in [6.07, 6.45) is 3.81. The van der Waals surface area contributed by atoms with Crippen molar-refractivity contribution in [3.05, 3.63) is 48.0 Å². The molecule has 0 radical (unpaired) electrons. The monoisotopic (exact) mass is 260 g/mol. The standard InChI is InChI=1S/C14H20N4O/c1-10(2)19-13-7-5-4-6-11(13)14(17-15)12-8-18(3)9-16-12/h4-10,14,17H,15H2,1-3H3. The molecule has 0 saturated heterocycles. The minimum absolute atomic E-state index is 0.114. The average Bonchev–Trinajstić information content (AvgIpc) is 2.78. The highest BCUT2D eigenvalue weighted by Crippen LogP contribution is 2.29. The molecule has 0 aliphatic carbocycles. The van der Waals surface area contributed by atoms with Crippen LogP contribution >= 0.6 is 0 Å². The van der Waals surface area contributed by atoms with E-state index in [2.05, 4.69) is 10.4 Å². The summed E-state index contributed by atoms with van der Waals surface area (Å²) in [6.45, 7) is 4.00. The van der Waals surface area contributed by atoms with Gasteiger partial charge < -0.3 is 9.30 Å². The van der Waals surface area contributed by atoms with Gasteiger partial charge in [0.15, 0.2) is 0 Å². The molecule has 1 atom stereocenters. The van der Waals surface area contributed by atoms with E-state index in [1.165, 1.54) is 0 Å². The first-order valence-electron chi connectivity index (χ1n) is 6.31. The fourth-order valence-corrected chi connectivity index (χ4v) is 2.00. The number of aryl methyl sites for hydroxylation is 1. The first-order valence-corrected chi connectivity index (χ1v) is 6.31. The van der Waals surface area contributed by atoms with Crippen LogP contribution in [0.5, 0.6) is 5.75 Å². The number of benzene rings is 1. The van der Waals surface area contributed by atoms with Crippen LogP contribution in [0.3, 0.4) is 0 Å². The topological polar surface area (TPSA) is 65.1 Å². The van der Waals surface area contributed by atoms with Crippen LogP contribution in [0.2, 0.25) is 0 Å². The average molecular weight is 260 g/mol. The van der Waals surface area contributed by atoms with Gasteiger partial charge in [-0.1, -0.05) is 18.2 Å². The van der Waals surface area contributed by atoms with Crippen LogP contribution in [0, 0.1) is 0 Å². The van der Waals surface area contributed by atoms with Crippen molar-refractivity contribution in [3.63, 3.8) is 0 Å². The van der Waals surface area contributed by atoms with E-state index in [1.807, 2.05) is 55.9 Å². The molecule has 2 aromatic rings. The minimum Gasteiger partial charge on any atom is -0.491 e. The van der Waals surface area contributed by atoms with Crippen LogP contribution in [0.1, 0.15) is 31.1 Å². The number of hydrazine groups is 1. The number of aromatic nitrogens is 2. The third-order valence-corrected chi connectivity index (χ3v) is 2.78. The molecule has 0 spiro atoms. The molecule has 1 heterocycles. The Labute approximate surface area is 113 Å². The van der Waals surface area contributed by atoms with Gasteiger partial charge in [0.2, 0.25) is 0 Å². The van der Waals surface area contributed by atoms with Gasteiger partial charge in [-0.05, 0) is 19.9 Å². The lowest BCUT2D eigenvalue weighted by Crippen LogP contribution is -2.29. The van der Waals surface area contributed by atoms with Gasteiger partial charge in [0.1, 0.15) is 5.75 Å². The van der Waals surface area contributed by atoms with E-state index in [9.17, 15) is 0 Å². The molecule has 1 aromatic carbocycles. The highest BCUT2D eigenvalue weighted by Gasteiger charge is 2.19. The second kappa shape index (κ2) is 5.86.